The standard InChI is InChI=1S/C11H22N2O2/c1-11(6-4-8-15-9-11)13-10(14)5-3-7-12-2/h12H,3-9H2,1-2H3,(H,13,14). The smallest absolute Gasteiger partial charge is 0.220 e. The van der Waals surface area contributed by atoms with Gasteiger partial charge in [0.05, 0.1) is 12.1 Å². The number of carbonyl (C=O) groups excluding carboxylic acids is 1. The van der Waals surface area contributed by atoms with E-state index in [0.717, 1.165) is 32.4 Å². The van der Waals surface area contributed by atoms with Crippen LogP contribution in [0.25, 0.3) is 0 Å². The normalized spacial score (nSPS) is 26.3. The van der Waals surface area contributed by atoms with Crippen LogP contribution in [0.5, 0.6) is 0 Å². The maximum atomic E-state index is 11.6. The van der Waals surface area contributed by atoms with Crippen LogP contribution in [-0.2, 0) is 9.53 Å². The number of ether oxygens (including phenoxy) is 1. The summed E-state index contributed by atoms with van der Waals surface area (Å²) in [7, 11) is 1.90. The third kappa shape index (κ3) is 4.62. The SMILES string of the molecule is CNCCCC(=O)NC1(C)CCCOC1. The summed E-state index contributed by atoms with van der Waals surface area (Å²) in [5, 5.41) is 6.09. The Morgan fingerprint density at radius 1 is 1.53 bits per heavy atom. The van der Waals surface area contributed by atoms with Crippen LogP contribution in [0.3, 0.4) is 0 Å². The molecule has 0 spiro atoms. The Morgan fingerprint density at radius 2 is 2.33 bits per heavy atom. The number of nitrogens with one attached hydrogen (secondary N) is 2. The molecular weight excluding hydrogens is 192 g/mol. The highest BCUT2D eigenvalue weighted by Crippen LogP contribution is 2.18. The average molecular weight is 214 g/mol. The van der Waals surface area contributed by atoms with Crippen molar-refractivity contribution < 1.29 is 9.53 Å². The van der Waals surface area contributed by atoms with E-state index in [1.807, 2.05) is 7.05 Å². The van der Waals surface area contributed by atoms with Crippen molar-refractivity contribution in [3.63, 3.8) is 0 Å². The van der Waals surface area contributed by atoms with Crippen molar-refractivity contribution in [3.05, 3.63) is 0 Å². The van der Waals surface area contributed by atoms with Crippen molar-refractivity contribution in [2.75, 3.05) is 26.8 Å². The molecule has 1 fully saturated rings. The third-order valence-corrected chi connectivity index (χ3v) is 2.71. The van der Waals surface area contributed by atoms with Crippen molar-refractivity contribution in [1.82, 2.24) is 10.6 Å². The Morgan fingerprint density at radius 3 is 2.93 bits per heavy atom. The number of rotatable bonds is 5. The monoisotopic (exact) mass is 214 g/mol. The maximum Gasteiger partial charge on any atom is 0.220 e. The molecule has 4 heteroatoms. The van der Waals surface area contributed by atoms with Gasteiger partial charge in [-0.05, 0) is 39.8 Å². The highest BCUT2D eigenvalue weighted by Gasteiger charge is 2.28. The van der Waals surface area contributed by atoms with Crippen LogP contribution in [-0.4, -0.2) is 38.3 Å². The van der Waals surface area contributed by atoms with Crippen molar-refractivity contribution in [3.8, 4) is 0 Å². The number of hydrogen-bond acceptors (Lipinski definition) is 3. The van der Waals surface area contributed by atoms with Gasteiger partial charge in [0.15, 0.2) is 0 Å². The van der Waals surface area contributed by atoms with Crippen LogP contribution >= 0.6 is 0 Å². The molecule has 0 aromatic carbocycles. The molecule has 0 radical (unpaired) electrons. The molecule has 1 aliphatic heterocycles. The minimum Gasteiger partial charge on any atom is -0.379 e. The first-order chi connectivity index (χ1) is 7.16. The van der Waals surface area contributed by atoms with Crippen molar-refractivity contribution in [2.24, 2.45) is 0 Å². The van der Waals surface area contributed by atoms with E-state index in [0.29, 0.717) is 13.0 Å². The lowest BCUT2D eigenvalue weighted by Crippen LogP contribution is -2.51. The predicted molar refractivity (Wildman–Crippen MR) is 59.8 cm³/mol. The van der Waals surface area contributed by atoms with Gasteiger partial charge >= 0.3 is 0 Å². The van der Waals surface area contributed by atoms with Crippen molar-refractivity contribution in [1.29, 1.82) is 0 Å². The van der Waals surface area contributed by atoms with Crippen LogP contribution in [0, 0.1) is 0 Å². The quantitative estimate of drug-likeness (QED) is 0.661. The van der Waals surface area contributed by atoms with Gasteiger partial charge in [-0.1, -0.05) is 0 Å². The summed E-state index contributed by atoms with van der Waals surface area (Å²) in [6, 6.07) is 0. The molecule has 0 aromatic rings. The maximum absolute atomic E-state index is 11.6. The molecule has 1 heterocycles. The fourth-order valence-electron chi connectivity index (χ4n) is 1.86. The van der Waals surface area contributed by atoms with Crippen molar-refractivity contribution in [2.45, 2.75) is 38.1 Å². The third-order valence-electron chi connectivity index (χ3n) is 2.71. The summed E-state index contributed by atoms with van der Waals surface area (Å²) in [4.78, 5) is 11.6. The van der Waals surface area contributed by atoms with E-state index >= 15 is 0 Å². The first kappa shape index (κ1) is 12.5. The Bertz CT molecular complexity index is 201. The molecular formula is C11H22N2O2. The Hall–Kier alpha value is -0.610. The van der Waals surface area contributed by atoms with Crippen LogP contribution in [0.4, 0.5) is 0 Å². The molecule has 1 saturated heterocycles. The van der Waals surface area contributed by atoms with E-state index in [1.54, 1.807) is 0 Å². The summed E-state index contributed by atoms with van der Waals surface area (Å²) < 4.78 is 5.38. The number of carbonyl (C=O) groups is 1. The van der Waals surface area contributed by atoms with Gasteiger partial charge in [0, 0.05) is 13.0 Å². The lowest BCUT2D eigenvalue weighted by atomic mass is 9.94. The Kier molecular flexibility index (Phi) is 5.05. The highest BCUT2D eigenvalue weighted by atomic mass is 16.5. The second kappa shape index (κ2) is 6.08. The van der Waals surface area contributed by atoms with Crippen LogP contribution in [0.1, 0.15) is 32.6 Å². The lowest BCUT2D eigenvalue weighted by Gasteiger charge is -2.34. The molecule has 1 aliphatic rings. The highest BCUT2D eigenvalue weighted by molar-refractivity contribution is 5.76. The first-order valence-electron chi connectivity index (χ1n) is 5.70. The molecule has 0 saturated carbocycles. The first-order valence-corrected chi connectivity index (χ1v) is 5.70. The fraction of sp³-hybridized carbons (Fsp3) is 0.909. The molecule has 2 N–H and O–H groups in total. The number of hydrogen-bond donors (Lipinski definition) is 2. The van der Waals surface area contributed by atoms with Gasteiger partial charge in [0.1, 0.15) is 0 Å². The van der Waals surface area contributed by atoms with Crippen LogP contribution in [0.2, 0.25) is 0 Å². The Balaban J connectivity index is 2.23. The van der Waals surface area contributed by atoms with E-state index in [2.05, 4.69) is 17.6 Å². The van der Waals surface area contributed by atoms with Gasteiger partial charge in [-0.25, -0.2) is 0 Å². The summed E-state index contributed by atoms with van der Waals surface area (Å²) in [6.07, 6.45) is 3.54. The molecule has 0 bridgehead atoms. The molecule has 1 amide bonds. The van der Waals surface area contributed by atoms with E-state index in [4.69, 9.17) is 4.74 Å². The molecule has 1 unspecified atom stereocenters. The molecule has 4 nitrogen and oxygen atoms in total. The minimum absolute atomic E-state index is 0.137. The summed E-state index contributed by atoms with van der Waals surface area (Å²) in [5.74, 6) is 0.137. The van der Waals surface area contributed by atoms with Gasteiger partial charge in [0.25, 0.3) is 0 Å². The summed E-state index contributed by atoms with van der Waals surface area (Å²) in [6.45, 7) is 4.42. The zero-order valence-corrected chi connectivity index (χ0v) is 9.77. The summed E-state index contributed by atoms with van der Waals surface area (Å²) >= 11 is 0. The minimum atomic E-state index is -0.144. The van der Waals surface area contributed by atoms with E-state index in [9.17, 15) is 4.79 Å². The molecule has 0 aliphatic carbocycles. The Labute approximate surface area is 91.8 Å². The second-order valence-corrected chi connectivity index (χ2v) is 4.47. The summed E-state index contributed by atoms with van der Waals surface area (Å²) in [5.41, 5.74) is -0.144. The van der Waals surface area contributed by atoms with E-state index in [1.165, 1.54) is 0 Å². The molecule has 0 aromatic heterocycles. The molecule has 88 valence electrons. The lowest BCUT2D eigenvalue weighted by molar-refractivity contribution is -0.124. The zero-order valence-electron chi connectivity index (χ0n) is 9.77. The van der Waals surface area contributed by atoms with Gasteiger partial charge in [0.2, 0.25) is 5.91 Å². The average Bonchev–Trinajstić information content (AvgIpc) is 2.18. The zero-order chi connectivity index (χ0) is 11.1. The molecule has 1 rings (SSSR count). The topological polar surface area (TPSA) is 50.4 Å². The van der Waals surface area contributed by atoms with Gasteiger partial charge in [-0.15, -0.1) is 0 Å². The van der Waals surface area contributed by atoms with Crippen LogP contribution < -0.4 is 10.6 Å². The van der Waals surface area contributed by atoms with E-state index in [-0.39, 0.29) is 11.4 Å². The fourth-order valence-corrected chi connectivity index (χ4v) is 1.86. The molecule has 1 atom stereocenters. The molecule has 15 heavy (non-hydrogen) atoms. The van der Waals surface area contributed by atoms with Crippen molar-refractivity contribution >= 4 is 5.91 Å². The largest absolute Gasteiger partial charge is 0.379 e. The van der Waals surface area contributed by atoms with Gasteiger partial charge < -0.3 is 15.4 Å². The number of amides is 1. The van der Waals surface area contributed by atoms with Gasteiger partial charge in [-0.3, -0.25) is 4.79 Å². The van der Waals surface area contributed by atoms with E-state index < -0.39 is 0 Å². The van der Waals surface area contributed by atoms with Crippen LogP contribution in [0.15, 0.2) is 0 Å². The predicted octanol–water partition coefficient (Wildman–Crippen LogP) is 0.671. The second-order valence-electron chi connectivity index (χ2n) is 4.47. The van der Waals surface area contributed by atoms with Gasteiger partial charge in [-0.2, -0.15) is 0 Å².